The quantitative estimate of drug-likeness (QED) is 0.868. The minimum Gasteiger partial charge on any atom is -0.339 e. The molecule has 1 aliphatic rings. The van der Waals surface area contributed by atoms with Crippen molar-refractivity contribution in [3.05, 3.63) is 29.8 Å². The van der Waals surface area contributed by atoms with Gasteiger partial charge in [-0.05, 0) is 31.7 Å². The molecule has 24 heavy (non-hydrogen) atoms. The Kier molecular flexibility index (Phi) is 8.01. The van der Waals surface area contributed by atoms with Crippen molar-refractivity contribution in [1.29, 1.82) is 0 Å². The van der Waals surface area contributed by atoms with E-state index in [9.17, 15) is 9.59 Å². The van der Waals surface area contributed by atoms with Gasteiger partial charge in [0.15, 0.2) is 0 Å². The van der Waals surface area contributed by atoms with Crippen molar-refractivity contribution in [3.8, 4) is 0 Å². The van der Waals surface area contributed by atoms with Crippen LogP contribution in [0.15, 0.2) is 24.3 Å². The van der Waals surface area contributed by atoms with Gasteiger partial charge >= 0.3 is 6.03 Å². The summed E-state index contributed by atoms with van der Waals surface area (Å²) < 4.78 is 0. The van der Waals surface area contributed by atoms with Gasteiger partial charge in [-0.25, -0.2) is 4.79 Å². The number of rotatable bonds is 4. The molecule has 2 rings (SSSR count). The molecule has 7 heteroatoms. The summed E-state index contributed by atoms with van der Waals surface area (Å²) in [5.41, 5.74) is 1.91. The van der Waals surface area contributed by atoms with E-state index >= 15 is 0 Å². The van der Waals surface area contributed by atoms with Gasteiger partial charge in [-0.3, -0.25) is 4.79 Å². The second kappa shape index (κ2) is 9.49. The molecule has 1 unspecified atom stereocenters. The van der Waals surface area contributed by atoms with Crippen molar-refractivity contribution in [3.63, 3.8) is 0 Å². The number of carbonyl (C=O) groups is 2. The average molecular weight is 355 g/mol. The second-order valence-corrected chi connectivity index (χ2v) is 6.07. The maximum Gasteiger partial charge on any atom is 0.321 e. The Morgan fingerprint density at radius 2 is 1.79 bits per heavy atom. The third kappa shape index (κ3) is 5.39. The van der Waals surface area contributed by atoms with E-state index in [1.165, 1.54) is 0 Å². The number of anilines is 1. The first kappa shape index (κ1) is 20.3. The molecule has 1 aliphatic heterocycles. The van der Waals surface area contributed by atoms with Gasteiger partial charge < -0.3 is 20.4 Å². The fraction of sp³-hybridized carbons (Fsp3) is 0.529. The number of nitrogens with one attached hydrogen (secondary N) is 2. The predicted molar refractivity (Wildman–Crippen MR) is 98.7 cm³/mol. The van der Waals surface area contributed by atoms with Crippen LogP contribution in [0.2, 0.25) is 0 Å². The van der Waals surface area contributed by atoms with Gasteiger partial charge in [0.1, 0.15) is 0 Å². The van der Waals surface area contributed by atoms with Crippen LogP contribution < -0.4 is 10.6 Å². The molecular weight excluding hydrogens is 328 g/mol. The van der Waals surface area contributed by atoms with E-state index in [2.05, 4.69) is 10.6 Å². The van der Waals surface area contributed by atoms with Crippen LogP contribution in [0.1, 0.15) is 12.5 Å². The molecule has 3 amide bonds. The Morgan fingerprint density at radius 1 is 1.17 bits per heavy atom. The van der Waals surface area contributed by atoms with E-state index in [-0.39, 0.29) is 30.3 Å². The zero-order chi connectivity index (χ0) is 16.8. The van der Waals surface area contributed by atoms with Gasteiger partial charge in [0, 0.05) is 44.3 Å². The highest BCUT2D eigenvalue weighted by Gasteiger charge is 2.26. The highest BCUT2D eigenvalue weighted by atomic mass is 35.5. The SMILES string of the molecule is CNCC(C)C(=O)N1CCN(C(=O)Nc2cccc(C)c2)CC1.Cl. The minimum atomic E-state index is -0.106. The lowest BCUT2D eigenvalue weighted by atomic mass is 10.1. The van der Waals surface area contributed by atoms with Crippen molar-refractivity contribution >= 4 is 30.0 Å². The molecule has 1 fully saturated rings. The molecule has 0 saturated carbocycles. The van der Waals surface area contributed by atoms with Gasteiger partial charge in [-0.2, -0.15) is 0 Å². The van der Waals surface area contributed by atoms with Crippen molar-refractivity contribution in [2.45, 2.75) is 13.8 Å². The van der Waals surface area contributed by atoms with Crippen molar-refractivity contribution in [2.24, 2.45) is 5.92 Å². The normalized spacial score (nSPS) is 15.5. The maximum atomic E-state index is 12.3. The van der Waals surface area contributed by atoms with E-state index in [1.54, 1.807) is 4.90 Å². The van der Waals surface area contributed by atoms with Crippen LogP contribution in [0.25, 0.3) is 0 Å². The smallest absolute Gasteiger partial charge is 0.321 e. The van der Waals surface area contributed by atoms with Crippen molar-refractivity contribution < 1.29 is 9.59 Å². The number of amides is 3. The fourth-order valence-electron chi connectivity index (χ4n) is 2.76. The molecule has 0 bridgehead atoms. The van der Waals surface area contributed by atoms with Crippen LogP contribution in [0.4, 0.5) is 10.5 Å². The Morgan fingerprint density at radius 3 is 2.38 bits per heavy atom. The highest BCUT2D eigenvalue weighted by molar-refractivity contribution is 5.89. The number of halogens is 1. The molecule has 1 atom stereocenters. The van der Waals surface area contributed by atoms with E-state index in [0.29, 0.717) is 32.7 Å². The number of urea groups is 1. The number of aryl methyl sites for hydroxylation is 1. The number of piperazine rings is 1. The summed E-state index contributed by atoms with van der Waals surface area (Å²) in [6.07, 6.45) is 0. The van der Waals surface area contributed by atoms with Crippen LogP contribution in [0, 0.1) is 12.8 Å². The molecule has 2 N–H and O–H groups in total. The van der Waals surface area contributed by atoms with Crippen LogP contribution in [0.5, 0.6) is 0 Å². The Balaban J connectivity index is 0.00000288. The summed E-state index contributed by atoms with van der Waals surface area (Å²) in [4.78, 5) is 28.2. The van der Waals surface area contributed by atoms with Crippen LogP contribution in [-0.4, -0.2) is 61.5 Å². The third-order valence-corrected chi connectivity index (χ3v) is 4.08. The highest BCUT2D eigenvalue weighted by Crippen LogP contribution is 2.12. The molecule has 1 saturated heterocycles. The lowest BCUT2D eigenvalue weighted by Crippen LogP contribution is -2.53. The maximum absolute atomic E-state index is 12.3. The molecule has 1 aromatic carbocycles. The van der Waals surface area contributed by atoms with Crippen LogP contribution in [-0.2, 0) is 4.79 Å². The van der Waals surface area contributed by atoms with Crippen molar-refractivity contribution in [1.82, 2.24) is 15.1 Å². The fourth-order valence-corrected chi connectivity index (χ4v) is 2.76. The molecule has 0 aliphatic carbocycles. The first-order chi connectivity index (χ1) is 11.0. The summed E-state index contributed by atoms with van der Waals surface area (Å²) in [5, 5.41) is 5.94. The summed E-state index contributed by atoms with van der Waals surface area (Å²) in [7, 11) is 1.84. The molecule has 0 aromatic heterocycles. The molecule has 0 radical (unpaired) electrons. The Bertz CT molecular complexity index is 559. The van der Waals surface area contributed by atoms with Gasteiger partial charge in [0.25, 0.3) is 0 Å². The summed E-state index contributed by atoms with van der Waals surface area (Å²) in [6.45, 7) is 6.91. The Hall–Kier alpha value is -1.79. The number of carbonyl (C=O) groups excluding carboxylic acids is 2. The molecule has 0 spiro atoms. The van der Waals surface area contributed by atoms with Gasteiger partial charge in [0.2, 0.25) is 5.91 Å². The van der Waals surface area contributed by atoms with Crippen LogP contribution >= 0.6 is 12.4 Å². The number of nitrogens with zero attached hydrogens (tertiary/aromatic N) is 2. The van der Waals surface area contributed by atoms with E-state index in [1.807, 2.05) is 50.1 Å². The number of hydrogen-bond acceptors (Lipinski definition) is 3. The largest absolute Gasteiger partial charge is 0.339 e. The lowest BCUT2D eigenvalue weighted by Gasteiger charge is -2.36. The van der Waals surface area contributed by atoms with E-state index < -0.39 is 0 Å². The standard InChI is InChI=1S/C17H26N4O2.ClH/c1-13-5-4-6-15(11-13)19-17(23)21-9-7-20(8-10-21)16(22)14(2)12-18-3;/h4-6,11,14,18H,7-10,12H2,1-3H3,(H,19,23);1H. The molecule has 6 nitrogen and oxygen atoms in total. The topological polar surface area (TPSA) is 64.7 Å². The summed E-state index contributed by atoms with van der Waals surface area (Å²) in [6, 6.07) is 7.63. The zero-order valence-corrected chi connectivity index (χ0v) is 15.4. The van der Waals surface area contributed by atoms with Gasteiger partial charge in [0.05, 0.1) is 0 Å². The molecule has 1 aromatic rings. The average Bonchev–Trinajstić information content (AvgIpc) is 2.54. The summed E-state index contributed by atoms with van der Waals surface area (Å²) >= 11 is 0. The minimum absolute atomic E-state index is 0. The lowest BCUT2D eigenvalue weighted by molar-refractivity contribution is -0.136. The monoisotopic (exact) mass is 354 g/mol. The molecule has 134 valence electrons. The van der Waals surface area contributed by atoms with Gasteiger partial charge in [-0.1, -0.05) is 19.1 Å². The van der Waals surface area contributed by atoms with E-state index in [0.717, 1.165) is 11.3 Å². The molecule has 1 heterocycles. The van der Waals surface area contributed by atoms with Crippen molar-refractivity contribution in [2.75, 3.05) is 45.1 Å². The number of hydrogen-bond donors (Lipinski definition) is 2. The number of benzene rings is 1. The van der Waals surface area contributed by atoms with Gasteiger partial charge in [-0.15, -0.1) is 12.4 Å². The molecular formula is C17H27ClN4O2. The predicted octanol–water partition coefficient (Wildman–Crippen LogP) is 1.95. The first-order valence-electron chi connectivity index (χ1n) is 8.07. The first-order valence-corrected chi connectivity index (χ1v) is 8.07. The Labute approximate surface area is 150 Å². The zero-order valence-electron chi connectivity index (χ0n) is 14.5. The van der Waals surface area contributed by atoms with Crippen LogP contribution in [0.3, 0.4) is 0 Å². The third-order valence-electron chi connectivity index (χ3n) is 4.08. The van der Waals surface area contributed by atoms with E-state index in [4.69, 9.17) is 0 Å². The second-order valence-electron chi connectivity index (χ2n) is 6.07. The summed E-state index contributed by atoms with van der Waals surface area (Å²) in [5.74, 6) is 0.116.